The summed E-state index contributed by atoms with van der Waals surface area (Å²) in [4.78, 5) is 8.76. The smallest absolute Gasteiger partial charge is 0.107 e. The van der Waals surface area contributed by atoms with E-state index in [-0.39, 0.29) is 11.4 Å². The molecular weight excluding hydrogens is 375 g/mol. The summed E-state index contributed by atoms with van der Waals surface area (Å²) >= 11 is 14.0. The number of hydrogen-bond acceptors (Lipinski definition) is 3. The molecule has 0 fully saturated rings. The third-order valence-corrected chi connectivity index (χ3v) is 6.02. The highest BCUT2D eigenvalue weighted by Gasteiger charge is 2.35. The zero-order chi connectivity index (χ0) is 17.2. The molecule has 2 atom stereocenters. The number of H-pyrrole nitrogens is 1. The first kappa shape index (κ1) is 17.0. The number of hydrogen-bond donors (Lipinski definition) is 1. The molecule has 0 aliphatic carbocycles. The molecule has 0 spiro atoms. The Kier molecular flexibility index (Phi) is 5.04. The van der Waals surface area contributed by atoms with Crippen molar-refractivity contribution in [3.8, 4) is 0 Å². The zero-order valence-electron chi connectivity index (χ0n) is 13.3. The first-order chi connectivity index (χ1) is 12.2. The fourth-order valence-electron chi connectivity index (χ4n) is 2.99. The fourth-order valence-corrected chi connectivity index (χ4v) is 4.67. The minimum Gasteiger partial charge on any atom is -0.368 e. The normalized spacial score (nSPS) is 19.1. The molecule has 0 saturated carbocycles. The molecule has 3 nitrogen and oxygen atoms in total. The van der Waals surface area contributed by atoms with Crippen LogP contribution in [0.3, 0.4) is 0 Å². The number of nitrogens with zero attached hydrogens (tertiary/aromatic N) is 1. The Morgan fingerprint density at radius 3 is 2.64 bits per heavy atom. The second kappa shape index (κ2) is 7.42. The van der Waals surface area contributed by atoms with Crippen LogP contribution >= 0.6 is 35.0 Å². The summed E-state index contributed by atoms with van der Waals surface area (Å²) in [5.74, 6) is 0.969. The van der Waals surface area contributed by atoms with E-state index in [4.69, 9.17) is 27.9 Å². The summed E-state index contributed by atoms with van der Waals surface area (Å²) in [7, 11) is 0. The Morgan fingerprint density at radius 1 is 1.08 bits per heavy atom. The van der Waals surface area contributed by atoms with E-state index in [1.165, 1.54) is 4.90 Å². The molecule has 0 saturated heterocycles. The Hall–Kier alpha value is -1.46. The van der Waals surface area contributed by atoms with Crippen LogP contribution in [0.2, 0.25) is 10.0 Å². The van der Waals surface area contributed by atoms with Gasteiger partial charge in [-0.1, -0.05) is 35.3 Å². The molecule has 0 amide bonds. The maximum atomic E-state index is 6.31. The summed E-state index contributed by atoms with van der Waals surface area (Å²) in [6.07, 6.45) is 4.42. The lowest BCUT2D eigenvalue weighted by atomic mass is 10.0. The van der Waals surface area contributed by atoms with Crippen LogP contribution in [-0.4, -0.2) is 15.2 Å². The van der Waals surface area contributed by atoms with Crippen molar-refractivity contribution in [2.75, 3.05) is 0 Å². The summed E-state index contributed by atoms with van der Waals surface area (Å²) in [6.45, 7) is 0.531. The number of halogens is 2. The fraction of sp³-hybridized carbons (Fsp3) is 0.211. The van der Waals surface area contributed by atoms with Gasteiger partial charge in [0, 0.05) is 39.0 Å². The average Bonchev–Trinajstić information content (AvgIpc) is 3.22. The lowest BCUT2D eigenvalue weighted by Gasteiger charge is -2.20. The summed E-state index contributed by atoms with van der Waals surface area (Å²) in [6, 6.07) is 13.8. The number of imidazole rings is 1. The Morgan fingerprint density at radius 2 is 1.88 bits per heavy atom. The standard InChI is InChI=1S/C19H16Cl2N2OS/c20-13-3-1-12(2-4-13)11-24-19-15-9-14(21)5-6-16(15)25-17(19)10-18-22-7-8-23-18/h1-9,17,19H,10-11H2,(H,22,23)/t17-,19-/m0/s1. The van der Waals surface area contributed by atoms with Crippen molar-refractivity contribution >= 4 is 35.0 Å². The van der Waals surface area contributed by atoms with Crippen LogP contribution < -0.4 is 0 Å². The monoisotopic (exact) mass is 390 g/mol. The molecule has 1 N–H and O–H groups in total. The molecule has 4 rings (SSSR count). The number of benzene rings is 2. The number of fused-ring (bicyclic) bond motifs is 1. The highest BCUT2D eigenvalue weighted by Crippen LogP contribution is 2.48. The summed E-state index contributed by atoms with van der Waals surface area (Å²) < 4.78 is 6.31. The van der Waals surface area contributed by atoms with Gasteiger partial charge in [0.05, 0.1) is 12.7 Å². The number of thioether (sulfide) groups is 1. The van der Waals surface area contributed by atoms with Crippen molar-refractivity contribution in [2.45, 2.75) is 29.3 Å². The predicted molar refractivity (Wildman–Crippen MR) is 102 cm³/mol. The van der Waals surface area contributed by atoms with Crippen LogP contribution in [0.1, 0.15) is 23.1 Å². The van der Waals surface area contributed by atoms with Crippen LogP contribution in [0.25, 0.3) is 0 Å². The van der Waals surface area contributed by atoms with Gasteiger partial charge < -0.3 is 9.72 Å². The predicted octanol–water partition coefficient (Wildman–Crippen LogP) is 5.69. The van der Waals surface area contributed by atoms with E-state index in [1.54, 1.807) is 6.20 Å². The minimum atomic E-state index is -0.0283. The Bertz CT molecular complexity index is 852. The molecule has 0 bridgehead atoms. The van der Waals surface area contributed by atoms with Crippen molar-refractivity contribution in [2.24, 2.45) is 0 Å². The lowest BCUT2D eigenvalue weighted by molar-refractivity contribution is 0.0392. The summed E-state index contributed by atoms with van der Waals surface area (Å²) in [5.41, 5.74) is 2.25. The van der Waals surface area contributed by atoms with Crippen molar-refractivity contribution in [3.63, 3.8) is 0 Å². The van der Waals surface area contributed by atoms with Gasteiger partial charge in [0.2, 0.25) is 0 Å². The van der Waals surface area contributed by atoms with Crippen LogP contribution in [0, 0.1) is 0 Å². The topological polar surface area (TPSA) is 37.9 Å². The van der Waals surface area contributed by atoms with Gasteiger partial charge in [-0.15, -0.1) is 11.8 Å². The molecule has 2 heterocycles. The second-order valence-corrected chi connectivity index (χ2v) is 8.09. The van der Waals surface area contributed by atoms with Crippen LogP contribution in [-0.2, 0) is 17.8 Å². The third-order valence-electron chi connectivity index (χ3n) is 4.19. The highest BCUT2D eigenvalue weighted by atomic mass is 35.5. The van der Waals surface area contributed by atoms with Gasteiger partial charge in [-0.3, -0.25) is 0 Å². The lowest BCUT2D eigenvalue weighted by Crippen LogP contribution is -2.17. The molecule has 6 heteroatoms. The van der Waals surface area contributed by atoms with E-state index in [2.05, 4.69) is 16.0 Å². The van der Waals surface area contributed by atoms with Gasteiger partial charge in [-0.25, -0.2) is 4.98 Å². The molecule has 1 aliphatic heterocycles. The van der Waals surface area contributed by atoms with E-state index in [0.717, 1.165) is 33.4 Å². The minimum absolute atomic E-state index is 0.0283. The number of ether oxygens (including phenoxy) is 1. The largest absolute Gasteiger partial charge is 0.368 e. The quantitative estimate of drug-likeness (QED) is 0.607. The SMILES string of the molecule is Clc1ccc(CO[C@H]2c3cc(Cl)ccc3S[C@H]2Cc2ncc[nH]2)cc1. The van der Waals surface area contributed by atoms with E-state index >= 15 is 0 Å². The first-order valence-electron chi connectivity index (χ1n) is 7.99. The molecule has 0 unspecified atom stereocenters. The van der Waals surface area contributed by atoms with Crippen molar-refractivity contribution < 1.29 is 4.74 Å². The van der Waals surface area contributed by atoms with E-state index in [0.29, 0.717) is 6.61 Å². The summed E-state index contributed by atoms with van der Waals surface area (Å²) in [5, 5.41) is 1.72. The van der Waals surface area contributed by atoms with Crippen molar-refractivity contribution in [1.82, 2.24) is 9.97 Å². The number of aromatic amines is 1. The van der Waals surface area contributed by atoms with Gasteiger partial charge in [0.1, 0.15) is 5.82 Å². The van der Waals surface area contributed by atoms with E-state index in [1.807, 2.05) is 54.4 Å². The van der Waals surface area contributed by atoms with Gasteiger partial charge in [-0.05, 0) is 41.5 Å². The average molecular weight is 391 g/mol. The highest BCUT2D eigenvalue weighted by molar-refractivity contribution is 8.00. The Labute approximate surface area is 160 Å². The first-order valence-corrected chi connectivity index (χ1v) is 9.63. The number of aromatic nitrogens is 2. The van der Waals surface area contributed by atoms with Crippen LogP contribution in [0.15, 0.2) is 59.8 Å². The maximum Gasteiger partial charge on any atom is 0.107 e. The Balaban J connectivity index is 1.55. The molecule has 3 aromatic rings. The van der Waals surface area contributed by atoms with Crippen molar-refractivity contribution in [3.05, 3.63) is 81.9 Å². The second-order valence-electron chi connectivity index (χ2n) is 5.94. The third kappa shape index (κ3) is 3.87. The maximum absolute atomic E-state index is 6.31. The molecule has 0 radical (unpaired) electrons. The number of rotatable bonds is 5. The van der Waals surface area contributed by atoms with Crippen LogP contribution in [0.5, 0.6) is 0 Å². The number of nitrogens with one attached hydrogen (secondary N) is 1. The molecule has 2 aromatic carbocycles. The van der Waals surface area contributed by atoms with E-state index in [9.17, 15) is 0 Å². The van der Waals surface area contributed by atoms with E-state index < -0.39 is 0 Å². The molecule has 25 heavy (non-hydrogen) atoms. The van der Waals surface area contributed by atoms with Crippen LogP contribution in [0.4, 0.5) is 0 Å². The molecule has 1 aliphatic rings. The van der Waals surface area contributed by atoms with Gasteiger partial charge in [0.25, 0.3) is 0 Å². The van der Waals surface area contributed by atoms with Crippen molar-refractivity contribution in [1.29, 1.82) is 0 Å². The zero-order valence-corrected chi connectivity index (χ0v) is 15.6. The van der Waals surface area contributed by atoms with Gasteiger partial charge in [-0.2, -0.15) is 0 Å². The molecule has 128 valence electrons. The molecular formula is C19H16Cl2N2OS. The molecule has 1 aromatic heterocycles. The van der Waals surface area contributed by atoms with Gasteiger partial charge in [0.15, 0.2) is 0 Å². The van der Waals surface area contributed by atoms with Gasteiger partial charge >= 0.3 is 0 Å².